The summed E-state index contributed by atoms with van der Waals surface area (Å²) in [6, 6.07) is -1.03. The topological polar surface area (TPSA) is 78.4 Å². The molecule has 5 nitrogen and oxygen atoms in total. The number of carboxylic acid groups (broad SMARTS) is 1. The van der Waals surface area contributed by atoms with Gasteiger partial charge in [0.15, 0.2) is 0 Å². The smallest absolute Gasteiger partial charge is 0.326 e. The van der Waals surface area contributed by atoms with Gasteiger partial charge < -0.3 is 10.4 Å². The molecule has 1 aliphatic heterocycles. The molecule has 1 rings (SSSR count). The van der Waals surface area contributed by atoms with E-state index in [2.05, 4.69) is 10.6 Å². The third-order valence-corrected chi connectivity index (χ3v) is 3.29. The Hall–Kier alpha value is -0.750. The van der Waals surface area contributed by atoms with Crippen LogP contribution in [0.15, 0.2) is 0 Å². The minimum absolute atomic E-state index is 0.210. The average molecular weight is 246 g/mol. The van der Waals surface area contributed by atoms with Gasteiger partial charge in [0, 0.05) is 11.6 Å². The third kappa shape index (κ3) is 4.02. The molecule has 1 aliphatic rings. The fourth-order valence-electron chi connectivity index (χ4n) is 1.53. The summed E-state index contributed by atoms with van der Waals surface area (Å²) >= 11 is 1.64. The van der Waals surface area contributed by atoms with Gasteiger partial charge in [-0.15, -0.1) is 11.8 Å². The SMILES string of the molecule is CC(C)C[C@H](NC(=O)[C@@H]1CSCN1)C(=O)O. The number of amides is 1. The maximum atomic E-state index is 11.7. The third-order valence-electron chi connectivity index (χ3n) is 2.35. The summed E-state index contributed by atoms with van der Waals surface area (Å²) in [5.41, 5.74) is 0. The van der Waals surface area contributed by atoms with E-state index < -0.39 is 12.0 Å². The van der Waals surface area contributed by atoms with E-state index in [1.54, 1.807) is 11.8 Å². The van der Waals surface area contributed by atoms with Gasteiger partial charge in [-0.2, -0.15) is 0 Å². The number of carbonyl (C=O) groups is 2. The highest BCUT2D eigenvalue weighted by Crippen LogP contribution is 2.11. The van der Waals surface area contributed by atoms with Crippen molar-refractivity contribution >= 4 is 23.6 Å². The number of hydrogen-bond donors (Lipinski definition) is 3. The monoisotopic (exact) mass is 246 g/mol. The Morgan fingerprint density at radius 2 is 2.25 bits per heavy atom. The highest BCUT2D eigenvalue weighted by molar-refractivity contribution is 7.99. The highest BCUT2D eigenvalue weighted by Gasteiger charge is 2.27. The molecular formula is C10H18N2O3S. The minimum Gasteiger partial charge on any atom is -0.480 e. The Balaban J connectivity index is 2.47. The molecule has 92 valence electrons. The molecule has 1 amide bonds. The zero-order valence-corrected chi connectivity index (χ0v) is 10.3. The molecule has 0 aliphatic carbocycles. The average Bonchev–Trinajstić information content (AvgIpc) is 2.68. The summed E-state index contributed by atoms with van der Waals surface area (Å²) in [5, 5.41) is 14.6. The van der Waals surface area contributed by atoms with E-state index in [0.29, 0.717) is 12.2 Å². The number of aliphatic carboxylic acids is 1. The van der Waals surface area contributed by atoms with Crippen molar-refractivity contribution in [3.05, 3.63) is 0 Å². The van der Waals surface area contributed by atoms with Gasteiger partial charge in [0.05, 0.1) is 6.04 Å². The summed E-state index contributed by atoms with van der Waals surface area (Å²) in [7, 11) is 0. The molecule has 0 bridgehead atoms. The molecule has 1 saturated heterocycles. The number of rotatable bonds is 5. The van der Waals surface area contributed by atoms with Crippen LogP contribution in [-0.2, 0) is 9.59 Å². The first-order valence-electron chi connectivity index (χ1n) is 5.35. The molecule has 0 spiro atoms. The van der Waals surface area contributed by atoms with Crippen LogP contribution in [0, 0.1) is 5.92 Å². The number of carboxylic acids is 1. The van der Waals surface area contributed by atoms with Gasteiger partial charge in [0.2, 0.25) is 5.91 Å². The Labute approximate surface area is 99.4 Å². The van der Waals surface area contributed by atoms with Crippen molar-refractivity contribution < 1.29 is 14.7 Å². The van der Waals surface area contributed by atoms with Gasteiger partial charge in [0.25, 0.3) is 0 Å². The molecule has 16 heavy (non-hydrogen) atoms. The van der Waals surface area contributed by atoms with E-state index >= 15 is 0 Å². The van der Waals surface area contributed by atoms with Crippen molar-refractivity contribution in [1.82, 2.24) is 10.6 Å². The van der Waals surface area contributed by atoms with Gasteiger partial charge in [-0.3, -0.25) is 10.1 Å². The van der Waals surface area contributed by atoms with Crippen LogP contribution in [0.1, 0.15) is 20.3 Å². The van der Waals surface area contributed by atoms with Gasteiger partial charge in [-0.25, -0.2) is 4.79 Å². The van der Waals surface area contributed by atoms with Gasteiger partial charge in [-0.05, 0) is 12.3 Å². The van der Waals surface area contributed by atoms with Crippen LogP contribution >= 0.6 is 11.8 Å². The molecule has 6 heteroatoms. The van der Waals surface area contributed by atoms with Crippen LogP contribution < -0.4 is 10.6 Å². The Morgan fingerprint density at radius 1 is 1.56 bits per heavy atom. The van der Waals surface area contributed by atoms with E-state index in [0.717, 1.165) is 5.88 Å². The van der Waals surface area contributed by atoms with E-state index in [4.69, 9.17) is 5.11 Å². The molecule has 3 N–H and O–H groups in total. The fraction of sp³-hybridized carbons (Fsp3) is 0.800. The molecule has 0 radical (unpaired) electrons. The zero-order valence-electron chi connectivity index (χ0n) is 9.53. The Morgan fingerprint density at radius 3 is 2.69 bits per heavy atom. The van der Waals surface area contributed by atoms with Gasteiger partial charge in [-0.1, -0.05) is 13.8 Å². The Bertz CT molecular complexity index is 265. The number of hydrogen-bond acceptors (Lipinski definition) is 4. The van der Waals surface area contributed by atoms with Crippen LogP contribution in [0.3, 0.4) is 0 Å². The van der Waals surface area contributed by atoms with Gasteiger partial charge in [0.1, 0.15) is 6.04 Å². The molecular weight excluding hydrogens is 228 g/mol. The van der Waals surface area contributed by atoms with Gasteiger partial charge >= 0.3 is 5.97 Å². The fourth-order valence-corrected chi connectivity index (χ4v) is 2.47. The second-order valence-electron chi connectivity index (χ2n) is 4.30. The van der Waals surface area contributed by atoms with Crippen LogP contribution in [0.25, 0.3) is 0 Å². The summed E-state index contributed by atoms with van der Waals surface area (Å²) in [6.45, 7) is 3.87. The molecule has 0 aromatic carbocycles. The predicted molar refractivity (Wildman–Crippen MR) is 63.3 cm³/mol. The molecule has 1 fully saturated rings. The first kappa shape index (κ1) is 13.3. The largest absolute Gasteiger partial charge is 0.480 e. The predicted octanol–water partition coefficient (Wildman–Crippen LogP) is 0.264. The first-order chi connectivity index (χ1) is 7.50. The molecule has 1 heterocycles. The summed E-state index contributed by atoms with van der Waals surface area (Å²) < 4.78 is 0. The number of carbonyl (C=O) groups excluding carboxylic acids is 1. The lowest BCUT2D eigenvalue weighted by molar-refractivity contribution is -0.142. The zero-order chi connectivity index (χ0) is 12.1. The number of nitrogens with one attached hydrogen (secondary N) is 2. The molecule has 0 unspecified atom stereocenters. The second kappa shape index (κ2) is 6.10. The van der Waals surface area contributed by atoms with E-state index in [9.17, 15) is 9.59 Å². The van der Waals surface area contributed by atoms with E-state index in [1.165, 1.54) is 0 Å². The first-order valence-corrected chi connectivity index (χ1v) is 6.50. The normalized spacial score (nSPS) is 22.1. The summed E-state index contributed by atoms with van der Waals surface area (Å²) in [5.74, 6) is 0.526. The molecule has 2 atom stereocenters. The number of thioether (sulfide) groups is 1. The van der Waals surface area contributed by atoms with Crippen molar-refractivity contribution in [1.29, 1.82) is 0 Å². The molecule has 0 saturated carbocycles. The standard InChI is InChI=1S/C10H18N2O3S/c1-6(2)3-7(10(14)15)12-9(13)8-4-16-5-11-8/h6-8,11H,3-5H2,1-2H3,(H,12,13)(H,14,15)/t7-,8-/m0/s1. The van der Waals surface area contributed by atoms with Crippen molar-refractivity contribution in [2.75, 3.05) is 11.6 Å². The van der Waals surface area contributed by atoms with Crippen molar-refractivity contribution in [2.45, 2.75) is 32.4 Å². The summed E-state index contributed by atoms with van der Waals surface area (Å²) in [4.78, 5) is 22.6. The van der Waals surface area contributed by atoms with E-state index in [-0.39, 0.29) is 17.9 Å². The molecule has 0 aromatic heterocycles. The maximum Gasteiger partial charge on any atom is 0.326 e. The minimum atomic E-state index is -0.965. The molecule has 0 aromatic rings. The maximum absolute atomic E-state index is 11.7. The van der Waals surface area contributed by atoms with Crippen LogP contribution in [0.4, 0.5) is 0 Å². The van der Waals surface area contributed by atoms with E-state index in [1.807, 2.05) is 13.8 Å². The quantitative estimate of drug-likeness (QED) is 0.649. The Kier molecular flexibility index (Phi) is 5.08. The lowest BCUT2D eigenvalue weighted by Crippen LogP contribution is -2.49. The lowest BCUT2D eigenvalue weighted by atomic mass is 10.0. The summed E-state index contributed by atoms with van der Waals surface area (Å²) in [6.07, 6.45) is 0.459. The van der Waals surface area contributed by atoms with Crippen LogP contribution in [0.2, 0.25) is 0 Å². The highest BCUT2D eigenvalue weighted by atomic mass is 32.2. The van der Waals surface area contributed by atoms with Crippen LogP contribution in [0.5, 0.6) is 0 Å². The van der Waals surface area contributed by atoms with Crippen molar-refractivity contribution in [2.24, 2.45) is 5.92 Å². The van der Waals surface area contributed by atoms with Crippen molar-refractivity contribution in [3.8, 4) is 0 Å². The van der Waals surface area contributed by atoms with Crippen molar-refractivity contribution in [3.63, 3.8) is 0 Å². The lowest BCUT2D eigenvalue weighted by Gasteiger charge is -2.18. The second-order valence-corrected chi connectivity index (χ2v) is 5.33. The van der Waals surface area contributed by atoms with Crippen LogP contribution in [-0.4, -0.2) is 40.7 Å².